The molecule has 0 unspecified atom stereocenters. The predicted molar refractivity (Wildman–Crippen MR) is 82.1 cm³/mol. The van der Waals surface area contributed by atoms with E-state index in [1.807, 2.05) is 44.2 Å². The highest BCUT2D eigenvalue weighted by Crippen LogP contribution is 2.25. The number of H-pyrrole nitrogens is 1. The molecule has 21 heavy (non-hydrogen) atoms. The summed E-state index contributed by atoms with van der Waals surface area (Å²) in [5.74, 6) is 1.56. The number of aryl methyl sites for hydroxylation is 1. The van der Waals surface area contributed by atoms with Gasteiger partial charge in [-0.15, -0.1) is 0 Å². The van der Waals surface area contributed by atoms with Crippen molar-refractivity contribution in [3.8, 4) is 11.4 Å². The zero-order chi connectivity index (χ0) is 14.7. The molecule has 3 aromatic rings. The van der Waals surface area contributed by atoms with Crippen molar-refractivity contribution in [2.24, 2.45) is 0 Å². The van der Waals surface area contributed by atoms with Gasteiger partial charge in [0.25, 0.3) is 0 Å². The maximum absolute atomic E-state index is 5.34. The summed E-state index contributed by atoms with van der Waals surface area (Å²) in [6, 6.07) is 10.1. The molecule has 0 aliphatic heterocycles. The first-order chi connectivity index (χ1) is 10.3. The summed E-state index contributed by atoms with van der Waals surface area (Å²) in [6.07, 6.45) is 0.739. The second-order valence-corrected chi connectivity index (χ2v) is 4.88. The monoisotopic (exact) mass is 282 g/mol. The fraction of sp³-hybridized carbons (Fsp3) is 0.312. The first-order valence-electron chi connectivity index (χ1n) is 7.13. The Hall–Kier alpha value is -2.27. The second kappa shape index (κ2) is 6.01. The summed E-state index contributed by atoms with van der Waals surface area (Å²) in [6.45, 7) is 5.34. The van der Waals surface area contributed by atoms with Crippen LogP contribution in [0.4, 0.5) is 0 Å². The van der Waals surface area contributed by atoms with Crippen molar-refractivity contribution in [1.82, 2.24) is 20.2 Å². The number of aromatic amines is 1. The van der Waals surface area contributed by atoms with Gasteiger partial charge in [0.05, 0.1) is 12.1 Å². The minimum atomic E-state index is 0.654. The molecule has 0 atom stereocenters. The molecule has 0 saturated carbocycles. The fourth-order valence-corrected chi connectivity index (χ4v) is 2.33. The number of pyridine rings is 1. The molecule has 2 heterocycles. The molecule has 2 aromatic heterocycles. The van der Waals surface area contributed by atoms with Gasteiger partial charge in [-0.2, -0.15) is 5.10 Å². The van der Waals surface area contributed by atoms with Crippen LogP contribution in [0.1, 0.15) is 18.4 Å². The third kappa shape index (κ3) is 2.92. The predicted octanol–water partition coefficient (Wildman–Crippen LogP) is 2.91. The number of para-hydroxylation sites is 1. The van der Waals surface area contributed by atoms with Crippen LogP contribution < -0.4 is 0 Å². The summed E-state index contributed by atoms with van der Waals surface area (Å²) in [4.78, 5) is 9.11. The Morgan fingerprint density at radius 3 is 2.90 bits per heavy atom. The van der Waals surface area contributed by atoms with E-state index in [2.05, 4.69) is 20.2 Å². The number of benzene rings is 1. The van der Waals surface area contributed by atoms with E-state index in [1.54, 1.807) is 0 Å². The summed E-state index contributed by atoms with van der Waals surface area (Å²) < 4.78 is 5.34. The van der Waals surface area contributed by atoms with Gasteiger partial charge in [0.2, 0.25) is 0 Å². The first kappa shape index (κ1) is 13.7. The minimum absolute atomic E-state index is 0.654. The number of nitrogens with zero attached hydrogens (tertiary/aromatic N) is 3. The number of aromatic nitrogens is 4. The molecule has 0 bridgehead atoms. The van der Waals surface area contributed by atoms with Gasteiger partial charge in [-0.25, -0.2) is 4.98 Å². The summed E-state index contributed by atoms with van der Waals surface area (Å²) in [5, 5.41) is 8.39. The number of hydrogen-bond acceptors (Lipinski definition) is 4. The average Bonchev–Trinajstić information content (AvgIpc) is 2.95. The van der Waals surface area contributed by atoms with E-state index in [-0.39, 0.29) is 0 Å². The zero-order valence-electron chi connectivity index (χ0n) is 12.3. The Labute approximate surface area is 123 Å². The van der Waals surface area contributed by atoms with Gasteiger partial charge in [0.15, 0.2) is 5.82 Å². The Morgan fingerprint density at radius 2 is 2.05 bits per heavy atom. The largest absolute Gasteiger partial charge is 0.381 e. The van der Waals surface area contributed by atoms with Crippen molar-refractivity contribution in [2.75, 3.05) is 13.2 Å². The third-order valence-electron chi connectivity index (χ3n) is 3.30. The lowest BCUT2D eigenvalue weighted by molar-refractivity contribution is 0.149. The Bertz CT molecular complexity index is 751. The van der Waals surface area contributed by atoms with Crippen LogP contribution in [0, 0.1) is 6.92 Å². The molecule has 5 heteroatoms. The van der Waals surface area contributed by atoms with Gasteiger partial charge in [0, 0.05) is 29.7 Å². The van der Waals surface area contributed by atoms with Gasteiger partial charge in [-0.1, -0.05) is 18.2 Å². The lowest BCUT2D eigenvalue weighted by Gasteiger charge is -2.04. The van der Waals surface area contributed by atoms with Crippen molar-refractivity contribution in [2.45, 2.75) is 20.3 Å². The van der Waals surface area contributed by atoms with E-state index in [9.17, 15) is 0 Å². The van der Waals surface area contributed by atoms with Crippen LogP contribution in [-0.4, -0.2) is 33.4 Å². The molecule has 0 fully saturated rings. The Morgan fingerprint density at radius 1 is 1.19 bits per heavy atom. The van der Waals surface area contributed by atoms with Crippen molar-refractivity contribution < 1.29 is 4.74 Å². The lowest BCUT2D eigenvalue weighted by Crippen LogP contribution is -1.99. The highest BCUT2D eigenvalue weighted by atomic mass is 16.5. The maximum atomic E-state index is 5.34. The van der Waals surface area contributed by atoms with E-state index >= 15 is 0 Å². The molecule has 108 valence electrons. The fourth-order valence-electron chi connectivity index (χ4n) is 2.33. The molecule has 3 rings (SSSR count). The SMILES string of the molecule is CCOCCc1nc(-c2cc(C)nc3ccccc23)n[nH]1. The zero-order valence-corrected chi connectivity index (χ0v) is 12.3. The molecular weight excluding hydrogens is 264 g/mol. The van der Waals surface area contributed by atoms with Gasteiger partial charge in [-0.3, -0.25) is 10.1 Å². The standard InChI is InChI=1S/C16H18N4O/c1-3-21-9-8-15-18-16(20-19-15)13-10-11(2)17-14-7-5-4-6-12(13)14/h4-7,10H,3,8-9H2,1-2H3,(H,18,19,20). The summed E-state index contributed by atoms with van der Waals surface area (Å²) in [5.41, 5.74) is 2.94. The number of nitrogens with one attached hydrogen (secondary N) is 1. The second-order valence-electron chi connectivity index (χ2n) is 4.88. The van der Waals surface area contributed by atoms with Gasteiger partial charge < -0.3 is 4.74 Å². The minimum Gasteiger partial charge on any atom is -0.381 e. The molecule has 0 radical (unpaired) electrons. The van der Waals surface area contributed by atoms with E-state index in [0.717, 1.165) is 41.0 Å². The number of hydrogen-bond donors (Lipinski definition) is 1. The number of fused-ring (bicyclic) bond motifs is 1. The smallest absolute Gasteiger partial charge is 0.181 e. The maximum Gasteiger partial charge on any atom is 0.181 e. The van der Waals surface area contributed by atoms with Crippen molar-refractivity contribution >= 4 is 10.9 Å². The quantitative estimate of drug-likeness (QED) is 0.731. The average molecular weight is 282 g/mol. The van der Waals surface area contributed by atoms with E-state index in [4.69, 9.17) is 4.74 Å². The molecule has 5 nitrogen and oxygen atoms in total. The van der Waals surface area contributed by atoms with Crippen molar-refractivity contribution in [3.63, 3.8) is 0 Å². The summed E-state index contributed by atoms with van der Waals surface area (Å²) >= 11 is 0. The van der Waals surface area contributed by atoms with E-state index in [1.165, 1.54) is 0 Å². The van der Waals surface area contributed by atoms with Crippen LogP contribution in [-0.2, 0) is 11.2 Å². The van der Waals surface area contributed by atoms with Crippen LogP contribution in [0.5, 0.6) is 0 Å². The molecule has 1 aromatic carbocycles. The number of rotatable bonds is 5. The van der Waals surface area contributed by atoms with Gasteiger partial charge in [0.1, 0.15) is 5.82 Å². The van der Waals surface area contributed by atoms with Crippen LogP contribution in [0.25, 0.3) is 22.3 Å². The molecule has 0 aliphatic carbocycles. The molecular formula is C16H18N4O. The molecule has 0 amide bonds. The number of ether oxygens (including phenoxy) is 1. The highest BCUT2D eigenvalue weighted by molar-refractivity contribution is 5.92. The first-order valence-corrected chi connectivity index (χ1v) is 7.13. The Balaban J connectivity index is 1.97. The lowest BCUT2D eigenvalue weighted by atomic mass is 10.1. The van der Waals surface area contributed by atoms with Crippen LogP contribution >= 0.6 is 0 Å². The molecule has 0 aliphatic rings. The normalized spacial score (nSPS) is 11.1. The van der Waals surface area contributed by atoms with Crippen LogP contribution in [0.3, 0.4) is 0 Å². The highest BCUT2D eigenvalue weighted by Gasteiger charge is 2.11. The van der Waals surface area contributed by atoms with Crippen molar-refractivity contribution in [1.29, 1.82) is 0 Å². The van der Waals surface area contributed by atoms with Gasteiger partial charge in [-0.05, 0) is 26.0 Å². The molecule has 0 spiro atoms. The third-order valence-corrected chi connectivity index (χ3v) is 3.30. The van der Waals surface area contributed by atoms with Crippen LogP contribution in [0.2, 0.25) is 0 Å². The topological polar surface area (TPSA) is 63.7 Å². The Kier molecular flexibility index (Phi) is 3.92. The summed E-state index contributed by atoms with van der Waals surface area (Å²) in [7, 11) is 0. The van der Waals surface area contributed by atoms with Crippen LogP contribution in [0.15, 0.2) is 30.3 Å². The molecule has 1 N–H and O–H groups in total. The van der Waals surface area contributed by atoms with E-state index < -0.39 is 0 Å². The van der Waals surface area contributed by atoms with Gasteiger partial charge >= 0.3 is 0 Å². The molecule has 0 saturated heterocycles. The van der Waals surface area contributed by atoms with Crippen molar-refractivity contribution in [3.05, 3.63) is 41.9 Å². The van der Waals surface area contributed by atoms with E-state index in [0.29, 0.717) is 12.4 Å².